The number of nitrogens with zero attached hydrogens (tertiary/aromatic N) is 4. The van der Waals surface area contributed by atoms with Crippen molar-refractivity contribution in [3.63, 3.8) is 0 Å². The Morgan fingerprint density at radius 2 is 2.20 bits per heavy atom. The Balaban J connectivity index is 1.47. The Kier molecular flexibility index (Phi) is 4.19. The van der Waals surface area contributed by atoms with Gasteiger partial charge in [0, 0.05) is 19.5 Å². The predicted octanol–water partition coefficient (Wildman–Crippen LogP) is 2.45. The lowest BCUT2D eigenvalue weighted by Gasteiger charge is -2.31. The van der Waals surface area contributed by atoms with Crippen LogP contribution >= 0.6 is 0 Å². The van der Waals surface area contributed by atoms with Gasteiger partial charge in [0.05, 0.1) is 13.7 Å². The first-order valence-electron chi connectivity index (χ1n) is 8.99. The van der Waals surface area contributed by atoms with E-state index in [-0.39, 0.29) is 5.91 Å². The summed E-state index contributed by atoms with van der Waals surface area (Å²) in [4.78, 5) is 14.8. The molecule has 6 nitrogen and oxygen atoms in total. The molecule has 0 unspecified atom stereocenters. The average molecular weight is 340 g/mol. The Bertz CT molecular complexity index is 799. The molecule has 1 aromatic heterocycles. The highest BCUT2D eigenvalue weighted by atomic mass is 16.5. The first-order valence-corrected chi connectivity index (χ1v) is 8.99. The number of hydrogen-bond donors (Lipinski definition) is 0. The first-order chi connectivity index (χ1) is 12.2. The number of ether oxygens (including phenoxy) is 1. The largest absolute Gasteiger partial charge is 0.497 e. The maximum Gasteiger partial charge on any atom is 0.223 e. The predicted molar refractivity (Wildman–Crippen MR) is 93.5 cm³/mol. The lowest BCUT2D eigenvalue weighted by atomic mass is 9.80. The SMILES string of the molecule is COc1ccc2c(c1)CCC[C@H]2CC(=O)N1CCn2c(C)nnc2C1. The first kappa shape index (κ1) is 16.1. The Morgan fingerprint density at radius 1 is 1.32 bits per heavy atom. The highest BCUT2D eigenvalue weighted by Crippen LogP contribution is 2.36. The minimum absolute atomic E-state index is 0.223. The van der Waals surface area contributed by atoms with Crippen LogP contribution in [0.4, 0.5) is 0 Å². The second-order valence-electron chi connectivity index (χ2n) is 6.99. The number of aryl methyl sites for hydroxylation is 2. The average Bonchev–Trinajstić information content (AvgIpc) is 3.02. The maximum absolute atomic E-state index is 12.9. The zero-order chi connectivity index (χ0) is 17.4. The molecule has 0 N–H and O–H groups in total. The summed E-state index contributed by atoms with van der Waals surface area (Å²) in [5, 5.41) is 8.31. The highest BCUT2D eigenvalue weighted by molar-refractivity contribution is 5.77. The topological polar surface area (TPSA) is 60.2 Å². The number of carbonyl (C=O) groups is 1. The van der Waals surface area contributed by atoms with Crippen molar-refractivity contribution in [1.82, 2.24) is 19.7 Å². The Hall–Kier alpha value is -2.37. The van der Waals surface area contributed by atoms with Crippen LogP contribution in [0.5, 0.6) is 5.75 Å². The second-order valence-corrected chi connectivity index (χ2v) is 6.99. The molecule has 1 aromatic carbocycles. The van der Waals surface area contributed by atoms with Gasteiger partial charge in [0.25, 0.3) is 0 Å². The normalized spacial score (nSPS) is 19.3. The highest BCUT2D eigenvalue weighted by Gasteiger charge is 2.28. The van der Waals surface area contributed by atoms with Crippen LogP contribution in [0.15, 0.2) is 18.2 Å². The minimum Gasteiger partial charge on any atom is -0.497 e. The van der Waals surface area contributed by atoms with Crippen LogP contribution in [0.3, 0.4) is 0 Å². The Labute approximate surface area is 147 Å². The van der Waals surface area contributed by atoms with Gasteiger partial charge in [0.1, 0.15) is 11.6 Å². The monoisotopic (exact) mass is 340 g/mol. The molecule has 0 saturated carbocycles. The molecule has 6 heteroatoms. The van der Waals surface area contributed by atoms with Crippen LogP contribution in [-0.4, -0.2) is 39.2 Å². The van der Waals surface area contributed by atoms with Crippen molar-refractivity contribution in [2.24, 2.45) is 0 Å². The number of carbonyl (C=O) groups excluding carboxylic acids is 1. The third-order valence-corrected chi connectivity index (χ3v) is 5.50. The van der Waals surface area contributed by atoms with Gasteiger partial charge < -0.3 is 14.2 Å². The second kappa shape index (κ2) is 6.50. The number of amides is 1. The summed E-state index contributed by atoms with van der Waals surface area (Å²) in [6, 6.07) is 6.27. The summed E-state index contributed by atoms with van der Waals surface area (Å²) in [5.74, 6) is 3.25. The summed E-state index contributed by atoms with van der Waals surface area (Å²) in [7, 11) is 1.70. The standard InChI is InChI=1S/C19H24N4O2/c1-13-20-21-18-12-22(8-9-23(13)18)19(24)11-15-5-3-4-14-10-16(25-2)6-7-17(14)15/h6-7,10,15H,3-5,8-9,11-12H2,1-2H3/t15-/m0/s1. The third kappa shape index (κ3) is 3.01. The van der Waals surface area contributed by atoms with Gasteiger partial charge in [-0.05, 0) is 55.4 Å². The van der Waals surface area contributed by atoms with Crippen molar-refractivity contribution in [1.29, 1.82) is 0 Å². The fraction of sp³-hybridized carbons (Fsp3) is 0.526. The van der Waals surface area contributed by atoms with Crippen molar-refractivity contribution in [3.05, 3.63) is 41.0 Å². The summed E-state index contributed by atoms with van der Waals surface area (Å²) in [6.45, 7) is 4.06. The molecule has 1 aliphatic carbocycles. The van der Waals surface area contributed by atoms with Crippen LogP contribution in [0.2, 0.25) is 0 Å². The molecular formula is C19H24N4O2. The summed E-state index contributed by atoms with van der Waals surface area (Å²) < 4.78 is 7.44. The zero-order valence-corrected chi connectivity index (χ0v) is 14.9. The van der Waals surface area contributed by atoms with E-state index in [1.807, 2.05) is 17.9 Å². The number of rotatable bonds is 3. The van der Waals surface area contributed by atoms with Crippen LogP contribution < -0.4 is 4.74 Å². The zero-order valence-electron chi connectivity index (χ0n) is 14.9. The fourth-order valence-electron chi connectivity index (χ4n) is 4.09. The van der Waals surface area contributed by atoms with E-state index in [1.165, 1.54) is 11.1 Å². The molecule has 0 saturated heterocycles. The van der Waals surface area contributed by atoms with Gasteiger partial charge in [-0.15, -0.1) is 10.2 Å². The van der Waals surface area contributed by atoms with Gasteiger partial charge in [0.15, 0.2) is 5.82 Å². The molecular weight excluding hydrogens is 316 g/mol. The molecule has 1 aliphatic heterocycles. The number of hydrogen-bond acceptors (Lipinski definition) is 4. The molecule has 1 amide bonds. The molecule has 2 aromatic rings. The molecule has 0 fully saturated rings. The van der Waals surface area contributed by atoms with Crippen molar-refractivity contribution in [3.8, 4) is 5.75 Å². The summed E-state index contributed by atoms with van der Waals surface area (Å²) in [6.07, 6.45) is 3.86. The molecule has 0 radical (unpaired) electrons. The van der Waals surface area contributed by atoms with Gasteiger partial charge >= 0.3 is 0 Å². The molecule has 0 bridgehead atoms. The minimum atomic E-state index is 0.223. The van der Waals surface area contributed by atoms with Crippen LogP contribution in [0, 0.1) is 6.92 Å². The van der Waals surface area contributed by atoms with E-state index in [0.29, 0.717) is 18.9 Å². The quantitative estimate of drug-likeness (QED) is 0.861. The van der Waals surface area contributed by atoms with E-state index in [4.69, 9.17) is 4.74 Å². The number of benzene rings is 1. The lowest BCUT2D eigenvalue weighted by Crippen LogP contribution is -2.39. The van der Waals surface area contributed by atoms with Crippen molar-refractivity contribution >= 4 is 5.91 Å². The van der Waals surface area contributed by atoms with Crippen molar-refractivity contribution in [2.45, 2.75) is 51.6 Å². The summed E-state index contributed by atoms with van der Waals surface area (Å²) >= 11 is 0. The van der Waals surface area contributed by atoms with Gasteiger partial charge in [0.2, 0.25) is 5.91 Å². The Morgan fingerprint density at radius 3 is 3.04 bits per heavy atom. The van der Waals surface area contributed by atoms with E-state index < -0.39 is 0 Å². The van der Waals surface area contributed by atoms with E-state index in [2.05, 4.69) is 26.9 Å². The van der Waals surface area contributed by atoms with Gasteiger partial charge in [-0.2, -0.15) is 0 Å². The lowest BCUT2D eigenvalue weighted by molar-refractivity contribution is -0.133. The molecule has 132 valence electrons. The van der Waals surface area contributed by atoms with E-state index in [9.17, 15) is 4.79 Å². The molecule has 2 heterocycles. The van der Waals surface area contributed by atoms with E-state index in [1.54, 1.807) is 7.11 Å². The van der Waals surface area contributed by atoms with Gasteiger partial charge in [-0.25, -0.2) is 0 Å². The molecule has 25 heavy (non-hydrogen) atoms. The number of aromatic nitrogens is 3. The molecule has 4 rings (SSSR count). The number of methoxy groups -OCH3 is 1. The van der Waals surface area contributed by atoms with Gasteiger partial charge in [-0.1, -0.05) is 6.07 Å². The maximum atomic E-state index is 12.9. The van der Waals surface area contributed by atoms with Gasteiger partial charge in [-0.3, -0.25) is 4.79 Å². The fourth-order valence-corrected chi connectivity index (χ4v) is 4.09. The molecule has 1 atom stereocenters. The van der Waals surface area contributed by atoms with Crippen molar-refractivity contribution in [2.75, 3.05) is 13.7 Å². The van der Waals surface area contributed by atoms with Crippen LogP contribution in [-0.2, 0) is 24.3 Å². The van der Waals surface area contributed by atoms with Crippen LogP contribution in [0.1, 0.15) is 48.0 Å². The van der Waals surface area contributed by atoms with Crippen molar-refractivity contribution < 1.29 is 9.53 Å². The summed E-state index contributed by atoms with van der Waals surface area (Å²) in [5.41, 5.74) is 2.65. The van der Waals surface area contributed by atoms with E-state index >= 15 is 0 Å². The van der Waals surface area contributed by atoms with Crippen LogP contribution in [0.25, 0.3) is 0 Å². The molecule has 2 aliphatic rings. The number of fused-ring (bicyclic) bond motifs is 2. The smallest absolute Gasteiger partial charge is 0.223 e. The molecule has 0 spiro atoms. The third-order valence-electron chi connectivity index (χ3n) is 5.50. The van der Waals surface area contributed by atoms with E-state index in [0.717, 1.165) is 49.8 Å².